The fourth-order valence-corrected chi connectivity index (χ4v) is 7.47. The van der Waals surface area contributed by atoms with Crippen molar-refractivity contribution >= 4 is 75.0 Å². The van der Waals surface area contributed by atoms with Gasteiger partial charge in [0.1, 0.15) is 0 Å². The van der Waals surface area contributed by atoms with Crippen molar-refractivity contribution in [3.05, 3.63) is 106 Å². The summed E-state index contributed by atoms with van der Waals surface area (Å²) in [6.07, 6.45) is 3.99. The SMILES string of the molecule is Cc1c(Cl)ccc2c(C(=O)OC(CCCl)C(=O)c3ccc(Cl)cc3)cc(-c3ccc(N4C(=O)C5C6C=CC(C6)C5C4=O)cc3)nc12. The number of fused-ring (bicyclic) bond motifs is 6. The fraction of sp³-hybridized carbons (Fsp3) is 0.250. The van der Waals surface area contributed by atoms with Crippen molar-refractivity contribution in [2.75, 3.05) is 10.8 Å². The quantitative estimate of drug-likeness (QED) is 0.0622. The molecule has 0 radical (unpaired) electrons. The van der Waals surface area contributed by atoms with E-state index in [0.29, 0.717) is 49.0 Å². The van der Waals surface area contributed by atoms with Gasteiger partial charge in [0.15, 0.2) is 6.10 Å². The number of allylic oxidation sites excluding steroid dienone is 2. The monoisotopic (exact) mass is 672 g/mol. The van der Waals surface area contributed by atoms with Crippen LogP contribution in [0.4, 0.5) is 5.69 Å². The summed E-state index contributed by atoms with van der Waals surface area (Å²) in [6.45, 7) is 1.81. The molecule has 10 heteroatoms. The first-order valence-corrected chi connectivity index (χ1v) is 16.3. The fourth-order valence-electron chi connectivity index (χ4n) is 6.99. The number of anilines is 1. The molecule has 5 atom stereocenters. The minimum absolute atomic E-state index is 0.0992. The molecule has 7 nitrogen and oxygen atoms in total. The Morgan fingerprint density at radius 1 is 0.935 bits per heavy atom. The van der Waals surface area contributed by atoms with Crippen molar-refractivity contribution < 1.29 is 23.9 Å². The number of rotatable bonds is 8. The van der Waals surface area contributed by atoms with E-state index in [2.05, 4.69) is 12.2 Å². The Morgan fingerprint density at radius 3 is 2.22 bits per heavy atom. The number of aromatic nitrogens is 1. The van der Waals surface area contributed by atoms with E-state index in [1.165, 1.54) is 4.90 Å². The number of benzene rings is 3. The number of esters is 1. The molecule has 3 aromatic carbocycles. The molecule has 0 N–H and O–H groups in total. The molecule has 232 valence electrons. The van der Waals surface area contributed by atoms with E-state index in [1.807, 2.05) is 6.92 Å². The minimum Gasteiger partial charge on any atom is -0.450 e. The van der Waals surface area contributed by atoms with Crippen LogP contribution in [-0.2, 0) is 14.3 Å². The first-order chi connectivity index (χ1) is 22.2. The smallest absolute Gasteiger partial charge is 0.339 e. The summed E-state index contributed by atoms with van der Waals surface area (Å²) in [5.74, 6) is -1.66. The first-order valence-electron chi connectivity index (χ1n) is 15.0. The number of imide groups is 1. The summed E-state index contributed by atoms with van der Waals surface area (Å²) in [7, 11) is 0. The number of ketones is 1. The summed E-state index contributed by atoms with van der Waals surface area (Å²) in [5, 5.41) is 1.47. The lowest BCUT2D eigenvalue weighted by Crippen LogP contribution is -2.32. The van der Waals surface area contributed by atoms with Crippen LogP contribution in [-0.4, -0.2) is 40.5 Å². The van der Waals surface area contributed by atoms with Crippen LogP contribution in [0.3, 0.4) is 0 Å². The third-order valence-corrected chi connectivity index (χ3v) is 10.2. The van der Waals surface area contributed by atoms with Gasteiger partial charge in [-0.15, -0.1) is 11.6 Å². The molecule has 1 aromatic heterocycles. The Kier molecular flexibility index (Phi) is 7.96. The van der Waals surface area contributed by atoms with Crippen LogP contribution in [0.15, 0.2) is 78.9 Å². The van der Waals surface area contributed by atoms with Crippen LogP contribution in [0.5, 0.6) is 0 Å². The van der Waals surface area contributed by atoms with Crippen LogP contribution in [0.25, 0.3) is 22.2 Å². The van der Waals surface area contributed by atoms with E-state index in [9.17, 15) is 19.2 Å². The number of hydrogen-bond donors (Lipinski definition) is 0. The zero-order valence-corrected chi connectivity index (χ0v) is 26.9. The highest BCUT2D eigenvalue weighted by Gasteiger charge is 2.59. The molecular weight excluding hydrogens is 647 g/mol. The van der Waals surface area contributed by atoms with Gasteiger partial charge in [-0.1, -0.05) is 53.6 Å². The number of carbonyl (C=O) groups excluding carboxylic acids is 4. The lowest BCUT2D eigenvalue weighted by Gasteiger charge is -2.19. The van der Waals surface area contributed by atoms with Gasteiger partial charge in [0.25, 0.3) is 0 Å². The van der Waals surface area contributed by atoms with E-state index >= 15 is 0 Å². The van der Waals surface area contributed by atoms with Gasteiger partial charge < -0.3 is 4.74 Å². The maximum Gasteiger partial charge on any atom is 0.339 e. The molecule has 0 spiro atoms. The Morgan fingerprint density at radius 2 is 1.59 bits per heavy atom. The summed E-state index contributed by atoms with van der Waals surface area (Å²) >= 11 is 18.4. The maximum absolute atomic E-state index is 13.8. The first kappa shape index (κ1) is 30.6. The van der Waals surface area contributed by atoms with E-state index < -0.39 is 17.9 Å². The molecule has 2 heterocycles. The predicted octanol–water partition coefficient (Wildman–Crippen LogP) is 7.87. The van der Waals surface area contributed by atoms with Crippen molar-refractivity contribution in [2.24, 2.45) is 23.7 Å². The lowest BCUT2D eigenvalue weighted by molar-refractivity contribution is -0.123. The molecule has 7 rings (SSSR count). The van der Waals surface area contributed by atoms with Gasteiger partial charge in [0.2, 0.25) is 17.6 Å². The second kappa shape index (κ2) is 12.0. The van der Waals surface area contributed by atoms with Crippen LogP contribution in [0.2, 0.25) is 10.0 Å². The number of halogens is 3. The average Bonchev–Trinajstić information content (AvgIpc) is 3.75. The molecular formula is C36H27Cl3N2O5. The highest BCUT2D eigenvalue weighted by molar-refractivity contribution is 6.32. The molecule has 5 unspecified atom stereocenters. The third-order valence-electron chi connectivity index (χ3n) is 9.32. The molecule has 1 aliphatic heterocycles. The van der Waals surface area contributed by atoms with Crippen LogP contribution in [0, 0.1) is 30.6 Å². The van der Waals surface area contributed by atoms with Crippen molar-refractivity contribution in [1.82, 2.24) is 4.98 Å². The Balaban J connectivity index is 1.22. The average molecular weight is 674 g/mol. The van der Waals surface area contributed by atoms with Crippen molar-refractivity contribution in [3.8, 4) is 11.3 Å². The molecule has 2 fully saturated rings. The maximum atomic E-state index is 13.8. The molecule has 2 aliphatic carbocycles. The van der Waals surface area contributed by atoms with Crippen molar-refractivity contribution in [3.63, 3.8) is 0 Å². The van der Waals surface area contributed by atoms with Gasteiger partial charge in [-0.3, -0.25) is 19.3 Å². The lowest BCUT2D eigenvalue weighted by atomic mass is 9.85. The highest BCUT2D eigenvalue weighted by Crippen LogP contribution is 2.53. The van der Waals surface area contributed by atoms with Gasteiger partial charge in [-0.2, -0.15) is 0 Å². The molecule has 2 bridgehead atoms. The Bertz CT molecular complexity index is 1930. The van der Waals surface area contributed by atoms with E-state index in [1.54, 1.807) is 66.7 Å². The van der Waals surface area contributed by atoms with Gasteiger partial charge in [0, 0.05) is 38.9 Å². The number of nitrogens with zero attached hydrogens (tertiary/aromatic N) is 2. The molecule has 4 aromatic rings. The van der Waals surface area contributed by atoms with Gasteiger partial charge in [-0.05, 0) is 79.3 Å². The molecule has 2 amide bonds. The molecule has 3 aliphatic rings. The van der Waals surface area contributed by atoms with Gasteiger partial charge in [0.05, 0.1) is 34.3 Å². The zero-order chi connectivity index (χ0) is 32.3. The molecule has 46 heavy (non-hydrogen) atoms. The predicted molar refractivity (Wildman–Crippen MR) is 177 cm³/mol. The van der Waals surface area contributed by atoms with Gasteiger partial charge in [-0.25, -0.2) is 9.78 Å². The highest BCUT2D eigenvalue weighted by atomic mass is 35.5. The number of amides is 2. The number of hydrogen-bond acceptors (Lipinski definition) is 6. The largest absolute Gasteiger partial charge is 0.450 e. The van der Waals surface area contributed by atoms with E-state index in [-0.39, 0.29) is 53.4 Å². The van der Waals surface area contributed by atoms with Crippen molar-refractivity contribution in [1.29, 1.82) is 0 Å². The summed E-state index contributed by atoms with van der Waals surface area (Å²) in [4.78, 5) is 59.9. The third kappa shape index (κ3) is 5.11. The topological polar surface area (TPSA) is 93.6 Å². The molecule has 1 saturated heterocycles. The van der Waals surface area contributed by atoms with Crippen LogP contribution >= 0.6 is 34.8 Å². The number of pyridine rings is 1. The zero-order valence-electron chi connectivity index (χ0n) is 24.6. The Labute approximate surface area is 280 Å². The summed E-state index contributed by atoms with van der Waals surface area (Å²) < 4.78 is 5.81. The van der Waals surface area contributed by atoms with Gasteiger partial charge >= 0.3 is 5.97 Å². The number of alkyl halides is 1. The molecule has 1 saturated carbocycles. The summed E-state index contributed by atoms with van der Waals surface area (Å²) in [5.41, 5.74) is 3.31. The second-order valence-corrected chi connectivity index (χ2v) is 13.1. The number of Topliss-reactive ketones (excluding diaryl/α,β-unsaturated/α-hetero) is 1. The second-order valence-electron chi connectivity index (χ2n) is 11.9. The van der Waals surface area contributed by atoms with E-state index in [4.69, 9.17) is 44.5 Å². The minimum atomic E-state index is -1.12. The number of aryl methyl sites for hydroxylation is 1. The van der Waals surface area contributed by atoms with E-state index in [0.717, 1.165) is 6.42 Å². The van der Waals surface area contributed by atoms with Crippen LogP contribution < -0.4 is 4.90 Å². The number of ether oxygens (including phenoxy) is 1. The Hall–Kier alpha value is -4.04. The van der Waals surface area contributed by atoms with Crippen LogP contribution in [0.1, 0.15) is 39.1 Å². The summed E-state index contributed by atoms with van der Waals surface area (Å²) in [6, 6.07) is 18.3. The standard InChI is InChI=1S/C36H27Cl3N2O5/c1-18-27(39)13-12-25-26(36(45)46-29(14-15-37)33(42)20-4-8-23(38)9-5-20)17-28(40-32(18)25)19-6-10-24(11-7-19)41-34(43)30-21-2-3-22(16-21)31(30)35(41)44/h2-13,17,21-22,29-31H,14-16H2,1H3. The normalized spacial score (nSPS) is 22.0. The van der Waals surface area contributed by atoms with Crippen molar-refractivity contribution in [2.45, 2.75) is 25.9 Å². The number of carbonyl (C=O) groups is 4.